The molecule has 0 aromatic carbocycles. The SMILES string of the molecule is CCCCCCCCC(CCCCCCCC)(CCCCCCCC)OC(C)=O.P. The summed E-state index contributed by atoms with van der Waals surface area (Å²) in [5, 5.41) is 0. The van der Waals surface area contributed by atoms with Crippen molar-refractivity contribution in [3.05, 3.63) is 0 Å². The molecule has 30 heavy (non-hydrogen) atoms. The molecule has 0 radical (unpaired) electrons. The van der Waals surface area contributed by atoms with Crippen molar-refractivity contribution >= 4 is 15.9 Å². The fourth-order valence-corrected chi connectivity index (χ4v) is 4.52. The second-order valence-corrected chi connectivity index (χ2v) is 9.33. The van der Waals surface area contributed by atoms with Gasteiger partial charge in [-0.2, -0.15) is 9.90 Å². The van der Waals surface area contributed by atoms with Gasteiger partial charge in [0.05, 0.1) is 0 Å². The maximum absolute atomic E-state index is 12.0. The number of rotatable bonds is 22. The second kappa shape index (κ2) is 23.6. The number of carbonyl (C=O) groups is 1. The van der Waals surface area contributed by atoms with Crippen LogP contribution < -0.4 is 0 Å². The second-order valence-electron chi connectivity index (χ2n) is 9.33. The molecule has 0 saturated carbocycles. The van der Waals surface area contributed by atoms with Gasteiger partial charge < -0.3 is 4.74 Å². The molecule has 1 unspecified atom stereocenters. The molecule has 0 bridgehead atoms. The van der Waals surface area contributed by atoms with E-state index in [1.165, 1.54) is 116 Å². The molecule has 3 heteroatoms. The third kappa shape index (κ3) is 19.8. The Morgan fingerprint density at radius 3 is 1.07 bits per heavy atom. The summed E-state index contributed by atoms with van der Waals surface area (Å²) in [4.78, 5) is 12.0. The highest BCUT2D eigenvalue weighted by atomic mass is 31.0. The number of ether oxygens (including phenoxy) is 1. The van der Waals surface area contributed by atoms with Gasteiger partial charge in [-0.05, 0) is 38.5 Å². The predicted octanol–water partition coefficient (Wildman–Crippen LogP) is 9.60. The molecule has 2 nitrogen and oxygen atoms in total. The van der Waals surface area contributed by atoms with Gasteiger partial charge in [0.25, 0.3) is 0 Å². The molecule has 0 aliphatic heterocycles. The van der Waals surface area contributed by atoms with Crippen LogP contribution in [0.2, 0.25) is 0 Å². The molecule has 0 spiro atoms. The maximum atomic E-state index is 12.0. The van der Waals surface area contributed by atoms with E-state index >= 15 is 0 Å². The van der Waals surface area contributed by atoms with Gasteiger partial charge in [0.2, 0.25) is 0 Å². The third-order valence-electron chi connectivity index (χ3n) is 6.32. The van der Waals surface area contributed by atoms with Crippen LogP contribution in [0.15, 0.2) is 0 Å². The van der Waals surface area contributed by atoms with Crippen molar-refractivity contribution in [2.24, 2.45) is 0 Å². The van der Waals surface area contributed by atoms with Gasteiger partial charge in [-0.1, -0.05) is 117 Å². The number of unbranched alkanes of at least 4 members (excludes halogenated alkanes) is 15. The summed E-state index contributed by atoms with van der Waals surface area (Å²) >= 11 is 0. The molecule has 0 aliphatic rings. The van der Waals surface area contributed by atoms with Crippen molar-refractivity contribution in [1.82, 2.24) is 0 Å². The molecular weight excluding hydrogens is 387 g/mol. The summed E-state index contributed by atoms with van der Waals surface area (Å²) < 4.78 is 6.08. The molecule has 0 saturated heterocycles. The fourth-order valence-electron chi connectivity index (χ4n) is 4.52. The van der Waals surface area contributed by atoms with Gasteiger partial charge in [-0.3, -0.25) is 4.79 Å². The lowest BCUT2D eigenvalue weighted by Gasteiger charge is -2.34. The van der Waals surface area contributed by atoms with E-state index in [0.717, 1.165) is 19.3 Å². The zero-order valence-electron chi connectivity index (χ0n) is 21.4. The quantitative estimate of drug-likeness (QED) is 0.0943. The largest absolute Gasteiger partial charge is 0.459 e. The minimum atomic E-state index is -0.188. The van der Waals surface area contributed by atoms with E-state index in [2.05, 4.69) is 20.8 Å². The Labute approximate surface area is 193 Å². The molecular formula is C27H57O2P. The summed E-state index contributed by atoms with van der Waals surface area (Å²) in [5.41, 5.74) is -0.188. The van der Waals surface area contributed by atoms with Gasteiger partial charge in [0.1, 0.15) is 5.60 Å². The van der Waals surface area contributed by atoms with Crippen molar-refractivity contribution in [1.29, 1.82) is 0 Å². The Kier molecular flexibility index (Phi) is 25.2. The molecule has 0 N–H and O–H groups in total. The zero-order chi connectivity index (χ0) is 21.6. The van der Waals surface area contributed by atoms with Gasteiger partial charge in [-0.25, -0.2) is 0 Å². The Balaban J connectivity index is 0. The highest BCUT2D eigenvalue weighted by Gasteiger charge is 2.31. The predicted molar refractivity (Wildman–Crippen MR) is 140 cm³/mol. The standard InChI is InChI=1S/C27H54O2.H3P/c1-5-8-11-14-17-20-23-27(29-26(4)28,24-21-18-15-12-9-6-2)25-22-19-16-13-10-7-3;/h5-25H2,1-4H3;1H3. The van der Waals surface area contributed by atoms with E-state index in [1.807, 2.05) is 0 Å². The molecule has 0 aromatic rings. The molecule has 0 amide bonds. The van der Waals surface area contributed by atoms with E-state index < -0.39 is 0 Å². The van der Waals surface area contributed by atoms with Crippen LogP contribution in [0.1, 0.15) is 163 Å². The summed E-state index contributed by atoms with van der Waals surface area (Å²) in [6.07, 6.45) is 26.7. The lowest BCUT2D eigenvalue weighted by atomic mass is 9.84. The van der Waals surface area contributed by atoms with Crippen LogP contribution in [0.25, 0.3) is 0 Å². The summed E-state index contributed by atoms with van der Waals surface area (Å²) in [6, 6.07) is 0. The number of hydrogen-bond donors (Lipinski definition) is 0. The smallest absolute Gasteiger partial charge is 0.303 e. The Bertz CT molecular complexity index is 316. The van der Waals surface area contributed by atoms with Crippen LogP contribution in [-0.4, -0.2) is 11.6 Å². The van der Waals surface area contributed by atoms with E-state index in [1.54, 1.807) is 6.92 Å². The Morgan fingerprint density at radius 2 is 0.800 bits per heavy atom. The van der Waals surface area contributed by atoms with Gasteiger partial charge >= 0.3 is 5.97 Å². The van der Waals surface area contributed by atoms with Crippen LogP contribution in [0.3, 0.4) is 0 Å². The molecule has 0 fully saturated rings. The zero-order valence-corrected chi connectivity index (χ0v) is 22.8. The Morgan fingerprint density at radius 1 is 0.533 bits per heavy atom. The fraction of sp³-hybridized carbons (Fsp3) is 0.963. The van der Waals surface area contributed by atoms with E-state index in [0.29, 0.717) is 0 Å². The molecule has 1 atom stereocenters. The van der Waals surface area contributed by atoms with Crippen LogP contribution >= 0.6 is 9.90 Å². The van der Waals surface area contributed by atoms with Gasteiger partial charge in [-0.15, -0.1) is 0 Å². The van der Waals surface area contributed by atoms with Crippen molar-refractivity contribution < 1.29 is 9.53 Å². The van der Waals surface area contributed by atoms with Crippen LogP contribution in [-0.2, 0) is 9.53 Å². The summed E-state index contributed by atoms with van der Waals surface area (Å²) in [6.45, 7) is 8.42. The first-order valence-electron chi connectivity index (χ1n) is 13.3. The van der Waals surface area contributed by atoms with Gasteiger partial charge in [0, 0.05) is 6.92 Å². The topological polar surface area (TPSA) is 26.3 Å². The average molecular weight is 445 g/mol. The maximum Gasteiger partial charge on any atom is 0.303 e. The van der Waals surface area contributed by atoms with Crippen molar-refractivity contribution in [2.75, 3.05) is 0 Å². The summed E-state index contributed by atoms with van der Waals surface area (Å²) in [7, 11) is 0. The first kappa shape index (κ1) is 32.1. The average Bonchev–Trinajstić information content (AvgIpc) is 2.69. The minimum Gasteiger partial charge on any atom is -0.459 e. The Hall–Kier alpha value is -0.100. The molecule has 0 aromatic heterocycles. The van der Waals surface area contributed by atoms with Crippen LogP contribution in [0, 0.1) is 0 Å². The van der Waals surface area contributed by atoms with Crippen molar-refractivity contribution in [3.63, 3.8) is 0 Å². The minimum absolute atomic E-state index is 0. The normalized spacial score (nSPS) is 11.3. The lowest BCUT2D eigenvalue weighted by Crippen LogP contribution is -2.34. The highest BCUT2D eigenvalue weighted by Crippen LogP contribution is 2.33. The first-order chi connectivity index (χ1) is 14.1. The number of esters is 1. The summed E-state index contributed by atoms with van der Waals surface area (Å²) in [5.74, 6) is -0.0760. The molecule has 0 heterocycles. The van der Waals surface area contributed by atoms with Crippen LogP contribution in [0.4, 0.5) is 0 Å². The molecule has 182 valence electrons. The van der Waals surface area contributed by atoms with Gasteiger partial charge in [0.15, 0.2) is 0 Å². The monoisotopic (exact) mass is 444 g/mol. The van der Waals surface area contributed by atoms with E-state index in [9.17, 15) is 4.79 Å². The third-order valence-corrected chi connectivity index (χ3v) is 6.32. The molecule has 0 aliphatic carbocycles. The number of hydrogen-bond acceptors (Lipinski definition) is 2. The first-order valence-corrected chi connectivity index (χ1v) is 13.3. The van der Waals surface area contributed by atoms with E-state index in [-0.39, 0.29) is 21.5 Å². The number of carbonyl (C=O) groups excluding carboxylic acids is 1. The van der Waals surface area contributed by atoms with Crippen molar-refractivity contribution in [2.45, 2.75) is 168 Å². The van der Waals surface area contributed by atoms with Crippen molar-refractivity contribution in [3.8, 4) is 0 Å². The van der Waals surface area contributed by atoms with E-state index in [4.69, 9.17) is 4.74 Å². The van der Waals surface area contributed by atoms with Crippen LogP contribution in [0.5, 0.6) is 0 Å². The molecule has 0 rings (SSSR count). The highest BCUT2D eigenvalue weighted by molar-refractivity contribution is 6.92. The lowest BCUT2D eigenvalue weighted by molar-refractivity contribution is -0.160.